The van der Waals surface area contributed by atoms with E-state index in [0.717, 1.165) is 8.93 Å². The Morgan fingerprint density at radius 3 is 2.58 bits per heavy atom. The quantitative estimate of drug-likeness (QED) is 0.422. The van der Waals surface area contributed by atoms with Crippen molar-refractivity contribution in [3.63, 3.8) is 0 Å². The fourth-order valence-corrected chi connectivity index (χ4v) is 0.821. The highest BCUT2D eigenvalue weighted by atomic mass is 127. The summed E-state index contributed by atoms with van der Waals surface area (Å²) in [5.41, 5.74) is 0. The van der Waals surface area contributed by atoms with Crippen LogP contribution in [0.2, 0.25) is 0 Å². The van der Waals surface area contributed by atoms with Gasteiger partial charge in [0, 0.05) is 21.2 Å². The maximum absolute atomic E-state index is 11.4. The Kier molecular flexibility index (Phi) is 5.48. The van der Waals surface area contributed by atoms with Gasteiger partial charge in [-0.15, -0.1) is 0 Å². The third-order valence-electron chi connectivity index (χ3n) is 0.618. The molecule has 0 atom stereocenters. The summed E-state index contributed by atoms with van der Waals surface area (Å²) >= 11 is 1.84. The molecule has 0 bridgehead atoms. The molecule has 7 heteroatoms. The summed E-state index contributed by atoms with van der Waals surface area (Å²) in [7, 11) is 1.10. The molecule has 0 aromatic rings. The number of carbonyl (C=O) groups is 1. The minimum atomic E-state index is -4.93. The first-order valence-corrected chi connectivity index (χ1v) is 5.84. The maximum Gasteiger partial charge on any atom is 0.490 e. The van der Waals surface area contributed by atoms with Gasteiger partial charge in [0.25, 0.3) is 0 Å². The van der Waals surface area contributed by atoms with Gasteiger partial charge in [0.15, 0.2) is 6.61 Å². The summed E-state index contributed by atoms with van der Waals surface area (Å²) in [5, 5.41) is 2.36. The van der Waals surface area contributed by atoms with Crippen molar-refractivity contribution in [1.29, 1.82) is 0 Å². The van der Waals surface area contributed by atoms with Gasteiger partial charge in [0.05, 0.1) is 0 Å². The van der Waals surface area contributed by atoms with Crippen molar-refractivity contribution in [2.24, 2.45) is 0 Å². The molecule has 0 saturated heterocycles. The van der Waals surface area contributed by atoms with Crippen LogP contribution in [0.1, 0.15) is 0 Å². The maximum atomic E-state index is 11.4. The molecule has 0 aliphatic rings. The van der Waals surface area contributed by atoms with Gasteiger partial charge in [-0.3, -0.25) is 0 Å². The second kappa shape index (κ2) is 5.53. The van der Waals surface area contributed by atoms with Crippen LogP contribution in [-0.4, -0.2) is 18.8 Å². The van der Waals surface area contributed by atoms with Gasteiger partial charge in [-0.2, -0.15) is 13.2 Å². The second-order valence-corrected chi connectivity index (χ2v) is 3.11. The van der Waals surface area contributed by atoms with Crippen molar-refractivity contribution in [3.8, 4) is 11.2 Å². The van der Waals surface area contributed by atoms with E-state index in [9.17, 15) is 18.0 Å². The standard InChI is InChI=1S/C5H2F3IO2S/c6-5(7,8)4(10)11-2-1-3-12-9/h2H2. The fourth-order valence-electron chi connectivity index (χ4n) is 0.240. The van der Waals surface area contributed by atoms with E-state index < -0.39 is 18.8 Å². The smallest absolute Gasteiger partial charge is 0.446 e. The van der Waals surface area contributed by atoms with E-state index in [0.29, 0.717) is 0 Å². The molecule has 0 radical (unpaired) electrons. The third-order valence-corrected chi connectivity index (χ3v) is 1.50. The zero-order valence-electron chi connectivity index (χ0n) is 5.44. The van der Waals surface area contributed by atoms with Crippen LogP contribution < -0.4 is 0 Å². The Bertz CT molecular complexity index is 217. The zero-order valence-corrected chi connectivity index (χ0v) is 8.42. The third kappa shape index (κ3) is 5.54. The Balaban J connectivity index is 3.73. The van der Waals surface area contributed by atoms with Crippen molar-refractivity contribution in [3.05, 3.63) is 0 Å². The largest absolute Gasteiger partial charge is 0.490 e. The number of rotatable bonds is 1. The van der Waals surface area contributed by atoms with E-state index in [1.807, 2.05) is 21.2 Å². The van der Waals surface area contributed by atoms with Crippen LogP contribution in [0.3, 0.4) is 0 Å². The lowest BCUT2D eigenvalue weighted by molar-refractivity contribution is -0.198. The van der Waals surface area contributed by atoms with Gasteiger partial charge in [-0.05, 0) is 20.1 Å². The van der Waals surface area contributed by atoms with Crippen LogP contribution >= 0.6 is 30.1 Å². The zero-order chi connectivity index (χ0) is 9.61. The minimum Gasteiger partial charge on any atom is -0.446 e. The molecule has 0 aliphatic carbocycles. The monoisotopic (exact) mass is 310 g/mol. The SMILES string of the molecule is O=C(OCC#CSI)C(F)(F)F. The molecule has 0 fully saturated rings. The van der Waals surface area contributed by atoms with Crippen LogP contribution in [-0.2, 0) is 9.53 Å². The molecule has 0 spiro atoms. The first-order valence-electron chi connectivity index (χ1n) is 2.48. The average molecular weight is 310 g/mol. The number of esters is 1. The van der Waals surface area contributed by atoms with Crippen LogP contribution in [0.5, 0.6) is 0 Å². The van der Waals surface area contributed by atoms with Crippen molar-refractivity contribution >= 4 is 36.1 Å². The van der Waals surface area contributed by atoms with Gasteiger partial charge < -0.3 is 4.74 Å². The molecule has 0 aliphatic heterocycles. The van der Waals surface area contributed by atoms with Gasteiger partial charge in [-0.25, -0.2) is 4.79 Å². The van der Waals surface area contributed by atoms with E-state index in [1.165, 1.54) is 0 Å². The first kappa shape index (κ1) is 11.9. The molecule has 0 aromatic heterocycles. The van der Waals surface area contributed by atoms with Crippen molar-refractivity contribution in [1.82, 2.24) is 0 Å². The molecule has 0 aromatic carbocycles. The highest BCUT2D eigenvalue weighted by Crippen LogP contribution is 2.16. The summed E-state index contributed by atoms with van der Waals surface area (Å²) in [5.74, 6) is -0.0123. The van der Waals surface area contributed by atoms with Crippen molar-refractivity contribution < 1.29 is 22.7 Å². The van der Waals surface area contributed by atoms with E-state index in [1.54, 1.807) is 0 Å². The van der Waals surface area contributed by atoms with E-state index in [-0.39, 0.29) is 0 Å². The second-order valence-electron chi connectivity index (χ2n) is 1.43. The van der Waals surface area contributed by atoms with E-state index in [2.05, 4.69) is 15.9 Å². The van der Waals surface area contributed by atoms with Crippen LogP contribution in [0, 0.1) is 11.2 Å². The highest BCUT2D eigenvalue weighted by Gasteiger charge is 2.40. The molecule has 0 unspecified atom stereocenters. The molecule has 12 heavy (non-hydrogen) atoms. The number of hydrogen-bond acceptors (Lipinski definition) is 3. The summed E-state index contributed by atoms with van der Waals surface area (Å²) in [4.78, 5) is 10.0. The Labute approximate surface area is 82.8 Å². The molecule has 0 rings (SSSR count). The Hall–Kier alpha value is -0.100. The normalized spacial score (nSPS) is 10.0. The van der Waals surface area contributed by atoms with E-state index >= 15 is 0 Å². The lowest BCUT2D eigenvalue weighted by atomic mass is 10.6. The van der Waals surface area contributed by atoms with Gasteiger partial charge in [0.1, 0.15) is 0 Å². The fraction of sp³-hybridized carbons (Fsp3) is 0.400. The van der Waals surface area contributed by atoms with Crippen LogP contribution in [0.4, 0.5) is 13.2 Å². The molecule has 0 heterocycles. The molecular formula is C5H2F3IO2S. The first-order chi connectivity index (χ1) is 5.48. The Morgan fingerprint density at radius 2 is 2.17 bits per heavy atom. The van der Waals surface area contributed by atoms with Gasteiger partial charge in [0.2, 0.25) is 0 Å². The topological polar surface area (TPSA) is 26.3 Å². The van der Waals surface area contributed by atoms with Crippen LogP contribution in [0.15, 0.2) is 0 Å². The van der Waals surface area contributed by atoms with Gasteiger partial charge >= 0.3 is 12.1 Å². The summed E-state index contributed by atoms with van der Waals surface area (Å²) < 4.78 is 38.0. The summed E-state index contributed by atoms with van der Waals surface area (Å²) in [6, 6.07) is 0. The molecule has 0 saturated carbocycles. The molecule has 2 nitrogen and oxygen atoms in total. The van der Waals surface area contributed by atoms with Gasteiger partial charge in [-0.1, -0.05) is 0 Å². The predicted octanol–water partition coefficient (Wildman–Crippen LogP) is 2.14. The number of halogens is 4. The number of carbonyl (C=O) groups excluding carboxylic acids is 1. The van der Waals surface area contributed by atoms with Crippen molar-refractivity contribution in [2.75, 3.05) is 6.61 Å². The van der Waals surface area contributed by atoms with E-state index in [4.69, 9.17) is 0 Å². The molecular weight excluding hydrogens is 308 g/mol. The number of alkyl halides is 3. The molecule has 0 N–H and O–H groups in total. The van der Waals surface area contributed by atoms with Crippen molar-refractivity contribution in [2.45, 2.75) is 6.18 Å². The Morgan fingerprint density at radius 1 is 1.58 bits per heavy atom. The highest BCUT2D eigenvalue weighted by molar-refractivity contribution is 14.2. The molecule has 68 valence electrons. The summed E-state index contributed by atoms with van der Waals surface area (Å²) in [6.07, 6.45) is -4.93. The minimum absolute atomic E-state index is 0.533. The predicted molar refractivity (Wildman–Crippen MR) is 46.4 cm³/mol. The average Bonchev–Trinajstić information content (AvgIpc) is 1.96. The summed E-state index contributed by atoms with van der Waals surface area (Å²) in [6.45, 7) is -0.533. The lowest BCUT2D eigenvalue weighted by Crippen LogP contribution is -2.25. The number of ether oxygens (including phenoxy) is 1. The van der Waals surface area contributed by atoms with Crippen LogP contribution in [0.25, 0.3) is 0 Å². The molecule has 0 amide bonds. The number of hydrogen-bond donors (Lipinski definition) is 0. The lowest BCUT2D eigenvalue weighted by Gasteiger charge is -2.02.